The fourth-order valence-corrected chi connectivity index (χ4v) is 7.02. The summed E-state index contributed by atoms with van der Waals surface area (Å²) in [6.07, 6.45) is -6.33. The predicted molar refractivity (Wildman–Crippen MR) is 142 cm³/mol. The van der Waals surface area contributed by atoms with Crippen molar-refractivity contribution in [2.75, 3.05) is 13.2 Å². The first-order valence-electron chi connectivity index (χ1n) is 13.7. The van der Waals surface area contributed by atoms with Gasteiger partial charge >= 0.3 is 11.9 Å². The smallest absolute Gasteiger partial charge is 0.338 e. The van der Waals surface area contributed by atoms with Crippen LogP contribution < -0.4 is 0 Å². The Bertz CT molecular complexity index is 1180. The van der Waals surface area contributed by atoms with Crippen LogP contribution in [0.1, 0.15) is 64.2 Å². The van der Waals surface area contributed by atoms with Gasteiger partial charge in [0.25, 0.3) is 0 Å². The third-order valence-corrected chi connectivity index (χ3v) is 9.52. The molecule has 3 aliphatic carbocycles. The summed E-state index contributed by atoms with van der Waals surface area (Å²) in [7, 11) is 0. The number of fused-ring (bicyclic) bond motifs is 3. The molecule has 2 fully saturated rings. The minimum absolute atomic E-state index is 0.00940. The molecule has 4 N–H and O–H groups in total. The Kier molecular flexibility index (Phi) is 8.33. The lowest BCUT2D eigenvalue weighted by Crippen LogP contribution is -2.71. The second-order valence-electron chi connectivity index (χ2n) is 12.0. The fraction of sp³-hybridized carbons (Fsp3) is 0.633. The highest BCUT2D eigenvalue weighted by Gasteiger charge is 2.68. The minimum Gasteiger partial charge on any atom is -0.463 e. The Morgan fingerprint density at radius 2 is 1.68 bits per heavy atom. The Morgan fingerprint density at radius 1 is 1.02 bits per heavy atom. The van der Waals surface area contributed by atoms with E-state index < -0.39 is 70.6 Å². The van der Waals surface area contributed by atoms with Crippen molar-refractivity contribution in [1.82, 2.24) is 0 Å². The largest absolute Gasteiger partial charge is 0.463 e. The zero-order valence-electron chi connectivity index (χ0n) is 23.6. The Hall–Kier alpha value is -2.63. The van der Waals surface area contributed by atoms with Crippen LogP contribution in [0, 0.1) is 16.7 Å². The van der Waals surface area contributed by atoms with Crippen molar-refractivity contribution in [3.05, 3.63) is 47.0 Å². The summed E-state index contributed by atoms with van der Waals surface area (Å²) < 4.78 is 16.9. The summed E-state index contributed by atoms with van der Waals surface area (Å²) >= 11 is 0. The van der Waals surface area contributed by atoms with Gasteiger partial charge in [-0.05, 0) is 43.5 Å². The van der Waals surface area contributed by atoms with E-state index in [9.17, 15) is 34.8 Å². The van der Waals surface area contributed by atoms with E-state index in [1.807, 2.05) is 0 Å². The highest BCUT2D eigenvalue weighted by Crippen LogP contribution is 2.59. The Morgan fingerprint density at radius 3 is 2.30 bits per heavy atom. The van der Waals surface area contributed by atoms with E-state index in [0.29, 0.717) is 5.57 Å². The number of carbonyl (C=O) groups excluding carboxylic acids is 3. The van der Waals surface area contributed by atoms with Gasteiger partial charge in [-0.2, -0.15) is 0 Å². The Balaban J connectivity index is 1.84. The summed E-state index contributed by atoms with van der Waals surface area (Å²) in [5.74, 6) is -2.88. The molecule has 0 spiro atoms. The van der Waals surface area contributed by atoms with Crippen LogP contribution in [-0.4, -0.2) is 87.5 Å². The van der Waals surface area contributed by atoms with Crippen LogP contribution >= 0.6 is 0 Å². The summed E-state index contributed by atoms with van der Waals surface area (Å²) in [6.45, 7) is 7.75. The lowest BCUT2D eigenvalue weighted by atomic mass is 9.48. The number of hydrogen-bond acceptors (Lipinski definition) is 10. The third kappa shape index (κ3) is 4.90. The van der Waals surface area contributed by atoms with Crippen LogP contribution in [0.3, 0.4) is 0 Å². The number of carbonyl (C=O) groups is 3. The molecule has 2 bridgehead atoms. The Labute approximate surface area is 233 Å². The van der Waals surface area contributed by atoms with Gasteiger partial charge in [-0.3, -0.25) is 9.59 Å². The number of aliphatic hydroxyl groups is 4. The van der Waals surface area contributed by atoms with Gasteiger partial charge in [0.2, 0.25) is 0 Å². The number of Topliss-reactive ketones (excluding diaryl/α,β-unsaturated/α-hetero) is 1. The van der Waals surface area contributed by atoms with Crippen molar-refractivity contribution in [2.45, 2.75) is 90.0 Å². The molecule has 1 aromatic carbocycles. The van der Waals surface area contributed by atoms with Crippen LogP contribution in [0.25, 0.3) is 0 Å². The van der Waals surface area contributed by atoms with Gasteiger partial charge in [0.05, 0.1) is 35.9 Å². The third-order valence-electron chi connectivity index (χ3n) is 9.52. The molecule has 1 aromatic rings. The van der Waals surface area contributed by atoms with Crippen LogP contribution in [0.2, 0.25) is 0 Å². The maximum Gasteiger partial charge on any atom is 0.338 e. The summed E-state index contributed by atoms with van der Waals surface area (Å²) in [6, 6.07) is 8.21. The molecule has 0 heterocycles. The van der Waals surface area contributed by atoms with Gasteiger partial charge in [0.1, 0.15) is 24.4 Å². The maximum atomic E-state index is 14.1. The van der Waals surface area contributed by atoms with Crippen molar-refractivity contribution in [1.29, 1.82) is 0 Å². The molecule has 0 unspecified atom stereocenters. The predicted octanol–water partition coefficient (Wildman–Crippen LogP) is 1.72. The lowest BCUT2D eigenvalue weighted by molar-refractivity contribution is -0.228. The van der Waals surface area contributed by atoms with E-state index in [2.05, 4.69) is 0 Å². The van der Waals surface area contributed by atoms with E-state index in [0.717, 1.165) is 0 Å². The molecule has 40 heavy (non-hydrogen) atoms. The molecule has 8 atom stereocenters. The van der Waals surface area contributed by atoms with Gasteiger partial charge in [-0.1, -0.05) is 32.0 Å². The topological polar surface area (TPSA) is 160 Å². The SMILES string of the molecule is CC(=O)OCCO[C@@H]1C[C@H](O)[C@@]2(C)C(=O)[C@H](O)C3=C(C)[C@@H](O)C[C@@](O)([C@@H](OC(=O)c4ccccc4)[C@@H]2C1)C3(C)C. The van der Waals surface area contributed by atoms with Gasteiger partial charge < -0.3 is 34.6 Å². The first kappa shape index (κ1) is 30.3. The molecule has 0 aromatic heterocycles. The summed E-state index contributed by atoms with van der Waals surface area (Å²) in [4.78, 5) is 38.7. The van der Waals surface area contributed by atoms with E-state index >= 15 is 0 Å². The molecule has 2 saturated carbocycles. The molecule has 0 aliphatic heterocycles. The van der Waals surface area contributed by atoms with Crippen LogP contribution in [0.4, 0.5) is 0 Å². The summed E-state index contributed by atoms with van der Waals surface area (Å²) in [5.41, 5.74) is -4.11. The van der Waals surface area contributed by atoms with Gasteiger partial charge in [-0.25, -0.2) is 4.79 Å². The molecule has 10 nitrogen and oxygen atoms in total. The van der Waals surface area contributed by atoms with Crippen LogP contribution in [0.5, 0.6) is 0 Å². The van der Waals surface area contributed by atoms with E-state index in [-0.39, 0.29) is 43.6 Å². The number of ketones is 1. The molecule has 220 valence electrons. The molecular weight excluding hydrogens is 520 g/mol. The van der Waals surface area contributed by atoms with Crippen molar-refractivity contribution >= 4 is 17.7 Å². The van der Waals surface area contributed by atoms with Crippen LogP contribution in [0.15, 0.2) is 41.5 Å². The normalized spacial score (nSPS) is 37.2. The highest BCUT2D eigenvalue weighted by molar-refractivity contribution is 5.93. The van der Waals surface area contributed by atoms with Gasteiger partial charge in [0.15, 0.2) is 5.78 Å². The van der Waals surface area contributed by atoms with Crippen molar-refractivity contribution < 1.29 is 49.0 Å². The average molecular weight is 561 g/mol. The second kappa shape index (κ2) is 11.0. The minimum atomic E-state index is -1.93. The van der Waals surface area contributed by atoms with Crippen molar-refractivity contribution in [2.24, 2.45) is 16.7 Å². The molecule has 0 radical (unpaired) electrons. The number of benzene rings is 1. The molecular formula is C30H40O10. The van der Waals surface area contributed by atoms with Gasteiger partial charge in [0, 0.05) is 31.1 Å². The number of rotatable bonds is 6. The lowest BCUT2D eigenvalue weighted by Gasteiger charge is -2.61. The second-order valence-corrected chi connectivity index (χ2v) is 12.0. The fourth-order valence-electron chi connectivity index (χ4n) is 7.02. The number of esters is 2. The standard InChI is InChI=1S/C30H40O10/c1-16-21(32)15-30(37)26(40-27(36)18-9-7-6-8-10-18)20-13-19(39-12-11-38-17(2)31)14-22(33)29(20,5)25(35)24(34)23(16)28(30,3)4/h6-10,19-22,24,26,32-34,37H,11-15H2,1-5H3/t19-,20-,21-,22-,24+,26-,29-,30+/m0/s1. The van der Waals surface area contributed by atoms with E-state index in [4.69, 9.17) is 14.2 Å². The maximum absolute atomic E-state index is 14.1. The number of aliphatic hydroxyl groups excluding tert-OH is 3. The molecule has 10 heteroatoms. The van der Waals surface area contributed by atoms with Crippen molar-refractivity contribution in [3.63, 3.8) is 0 Å². The molecule has 0 saturated heterocycles. The summed E-state index contributed by atoms with van der Waals surface area (Å²) in [5, 5.41) is 46.5. The number of hydrogen-bond donors (Lipinski definition) is 4. The van der Waals surface area contributed by atoms with Crippen LogP contribution in [-0.2, 0) is 23.8 Å². The quantitative estimate of drug-likeness (QED) is 0.229. The van der Waals surface area contributed by atoms with Crippen molar-refractivity contribution in [3.8, 4) is 0 Å². The van der Waals surface area contributed by atoms with Gasteiger partial charge in [-0.15, -0.1) is 0 Å². The van der Waals surface area contributed by atoms with E-state index in [1.165, 1.54) is 13.8 Å². The van der Waals surface area contributed by atoms with E-state index in [1.54, 1.807) is 51.1 Å². The first-order chi connectivity index (χ1) is 18.7. The first-order valence-corrected chi connectivity index (χ1v) is 13.7. The average Bonchev–Trinajstić information content (AvgIpc) is 2.89. The number of ether oxygens (including phenoxy) is 3. The highest BCUT2D eigenvalue weighted by atomic mass is 16.6. The molecule has 0 amide bonds. The zero-order chi connectivity index (χ0) is 29.6. The molecule has 3 aliphatic rings. The zero-order valence-corrected chi connectivity index (χ0v) is 23.6. The monoisotopic (exact) mass is 560 g/mol. The molecule has 4 rings (SSSR count).